The van der Waals surface area contributed by atoms with E-state index in [0.717, 1.165) is 51.4 Å². The molecule has 0 aromatic heterocycles. The molecular weight excluding hydrogens is 696 g/mol. The Hall–Kier alpha value is -4.74. The predicted molar refractivity (Wildman–Crippen MR) is 202 cm³/mol. The smallest absolute Gasteiger partial charge is 0.431 e. The minimum absolute atomic E-state index is 0.164. The molecule has 12 nitrogen and oxygen atoms in total. The highest BCUT2D eigenvalue weighted by atomic mass is 17.2. The van der Waals surface area contributed by atoms with E-state index < -0.39 is 36.5 Å². The number of ketones is 2. The molecule has 2 aromatic rings. The first-order valence-corrected chi connectivity index (χ1v) is 19.6. The maximum atomic E-state index is 13.4. The third-order valence-electron chi connectivity index (χ3n) is 8.98. The number of ether oxygens (including phenoxy) is 4. The Balaban J connectivity index is 2.36. The topological polar surface area (TPSA) is 158 Å². The van der Waals surface area contributed by atoms with Gasteiger partial charge in [0.1, 0.15) is 34.8 Å². The van der Waals surface area contributed by atoms with E-state index in [1.165, 1.54) is 36.4 Å². The van der Waals surface area contributed by atoms with Crippen LogP contribution in [0.4, 0.5) is 9.59 Å². The number of unbranched alkanes of at least 4 members (excludes halogenated alkanes) is 8. The summed E-state index contributed by atoms with van der Waals surface area (Å²) in [6.07, 6.45) is 8.96. The molecule has 0 aliphatic heterocycles. The van der Waals surface area contributed by atoms with Crippen molar-refractivity contribution < 1.29 is 57.5 Å². The number of rotatable bonds is 24. The zero-order chi connectivity index (χ0) is 39.9. The summed E-state index contributed by atoms with van der Waals surface area (Å²) >= 11 is 0. The van der Waals surface area contributed by atoms with Gasteiger partial charge in [-0.15, -0.1) is 0 Å². The molecule has 12 heteroatoms. The van der Waals surface area contributed by atoms with Gasteiger partial charge in [-0.2, -0.15) is 0 Å². The predicted octanol–water partition coefficient (Wildman–Crippen LogP) is 11.1. The van der Waals surface area contributed by atoms with Gasteiger partial charge in [-0.3, -0.25) is 9.59 Å². The summed E-state index contributed by atoms with van der Waals surface area (Å²) in [4.78, 5) is 88.0. The average Bonchev–Trinajstić information content (AvgIpc) is 3.17. The fraction of sp³-hybridized carbons (Fsp3) is 0.571. The van der Waals surface area contributed by atoms with E-state index in [1.54, 1.807) is 0 Å². The van der Waals surface area contributed by atoms with Crippen LogP contribution in [0.3, 0.4) is 0 Å². The molecule has 0 unspecified atom stereocenters. The Labute approximate surface area is 319 Å². The van der Waals surface area contributed by atoms with Crippen LogP contribution in [-0.4, -0.2) is 48.0 Å². The van der Waals surface area contributed by atoms with Gasteiger partial charge >= 0.3 is 24.2 Å². The molecule has 0 bridgehead atoms. The highest BCUT2D eigenvalue weighted by molar-refractivity contribution is 6.02. The first kappa shape index (κ1) is 45.4. The van der Waals surface area contributed by atoms with Crippen LogP contribution in [0.2, 0.25) is 0 Å². The normalized spacial score (nSPS) is 10.9. The van der Waals surface area contributed by atoms with Crippen LogP contribution in [0.15, 0.2) is 36.4 Å². The van der Waals surface area contributed by atoms with Crippen molar-refractivity contribution in [2.75, 3.05) is 0 Å². The SMILES string of the molecule is CCCCCCCC(=O)c1ccc(OC(=O)OC(CC)CC)c(C(=O)OOC(=O)c2cc(C(=O)CCCCCCC)ccc2OC(=O)OC(CC)CC)c1. The van der Waals surface area contributed by atoms with Crippen molar-refractivity contribution in [2.45, 2.75) is 156 Å². The summed E-state index contributed by atoms with van der Waals surface area (Å²) in [5.41, 5.74) is -0.425. The second-order valence-electron chi connectivity index (χ2n) is 13.2. The van der Waals surface area contributed by atoms with Gasteiger partial charge in [-0.1, -0.05) is 92.9 Å². The second kappa shape index (κ2) is 25.3. The van der Waals surface area contributed by atoms with E-state index in [2.05, 4.69) is 13.8 Å². The Bertz CT molecular complexity index is 1410. The molecule has 0 amide bonds. The zero-order valence-electron chi connectivity index (χ0n) is 32.8. The molecule has 0 N–H and O–H groups in total. The maximum absolute atomic E-state index is 13.4. The third-order valence-corrected chi connectivity index (χ3v) is 8.98. The average molecular weight is 755 g/mol. The lowest BCUT2D eigenvalue weighted by Gasteiger charge is -2.16. The number of benzene rings is 2. The van der Waals surface area contributed by atoms with Crippen molar-refractivity contribution in [2.24, 2.45) is 0 Å². The molecule has 298 valence electrons. The van der Waals surface area contributed by atoms with Gasteiger partial charge < -0.3 is 18.9 Å². The molecule has 0 aliphatic carbocycles. The third kappa shape index (κ3) is 15.7. The molecule has 0 radical (unpaired) electrons. The van der Waals surface area contributed by atoms with Crippen LogP contribution in [0.25, 0.3) is 0 Å². The van der Waals surface area contributed by atoms with Crippen LogP contribution in [0, 0.1) is 0 Å². The Kier molecular flexibility index (Phi) is 21.3. The molecule has 0 heterocycles. The zero-order valence-corrected chi connectivity index (χ0v) is 32.8. The summed E-state index contributed by atoms with van der Waals surface area (Å²) in [6, 6.07) is 7.79. The highest BCUT2D eigenvalue weighted by Gasteiger charge is 2.26. The van der Waals surface area contributed by atoms with Crippen molar-refractivity contribution >= 4 is 35.8 Å². The van der Waals surface area contributed by atoms with Crippen LogP contribution >= 0.6 is 0 Å². The van der Waals surface area contributed by atoms with Crippen LogP contribution in [-0.2, 0) is 19.2 Å². The molecule has 2 rings (SSSR count). The number of Topliss-reactive ketones (excluding diaryl/α,β-unsaturated/α-hetero) is 2. The minimum Gasteiger partial charge on any atom is -0.431 e. The Morgan fingerprint density at radius 2 is 0.833 bits per heavy atom. The maximum Gasteiger partial charge on any atom is 0.514 e. The van der Waals surface area contributed by atoms with E-state index in [1.807, 2.05) is 27.7 Å². The molecule has 0 saturated carbocycles. The quantitative estimate of drug-likeness (QED) is 0.0250. The van der Waals surface area contributed by atoms with Crippen LogP contribution < -0.4 is 9.47 Å². The van der Waals surface area contributed by atoms with E-state index in [4.69, 9.17) is 28.7 Å². The van der Waals surface area contributed by atoms with E-state index in [9.17, 15) is 28.8 Å². The summed E-state index contributed by atoms with van der Waals surface area (Å²) < 4.78 is 21.3. The lowest BCUT2D eigenvalue weighted by molar-refractivity contribution is -0.187. The molecular formula is C42H58O12. The standard InChI is InChI=1S/C42H58O12/c1-7-13-15-17-19-21-35(43)29-23-25-37(51-41(47)49-31(9-3)10-4)33(27-29)39(45)53-54-40(46)34-28-30(36(44)22-20-18-16-14-8-2)24-26-38(34)52-42(48)50-32(11-5)12-6/h23-28,31-32H,7-22H2,1-6H3. The monoisotopic (exact) mass is 754 g/mol. The van der Waals surface area contributed by atoms with Gasteiger partial charge in [-0.05, 0) is 74.9 Å². The van der Waals surface area contributed by atoms with Crippen LogP contribution in [0.5, 0.6) is 11.5 Å². The number of hydrogen-bond acceptors (Lipinski definition) is 12. The largest absolute Gasteiger partial charge is 0.514 e. The number of carbonyl (C=O) groups excluding carboxylic acids is 6. The van der Waals surface area contributed by atoms with Gasteiger partial charge in [0.2, 0.25) is 0 Å². The molecule has 54 heavy (non-hydrogen) atoms. The highest BCUT2D eigenvalue weighted by Crippen LogP contribution is 2.27. The number of hydrogen-bond donors (Lipinski definition) is 0. The summed E-state index contributed by atoms with van der Waals surface area (Å²) in [7, 11) is 0. The lowest BCUT2D eigenvalue weighted by Crippen LogP contribution is -2.22. The van der Waals surface area contributed by atoms with E-state index in [0.29, 0.717) is 38.5 Å². The van der Waals surface area contributed by atoms with Crippen molar-refractivity contribution in [3.63, 3.8) is 0 Å². The first-order valence-electron chi connectivity index (χ1n) is 19.6. The molecule has 0 saturated heterocycles. The Morgan fingerprint density at radius 3 is 1.17 bits per heavy atom. The van der Waals surface area contributed by atoms with E-state index in [-0.39, 0.29) is 58.2 Å². The number of carbonyl (C=O) groups is 6. The summed E-state index contributed by atoms with van der Waals surface area (Å²) in [6.45, 7) is 11.6. The molecule has 2 aromatic carbocycles. The summed E-state index contributed by atoms with van der Waals surface area (Å²) in [5.74, 6) is -3.57. The van der Waals surface area contributed by atoms with Gasteiger partial charge in [0.05, 0.1) is 0 Å². The molecule has 0 aliphatic rings. The van der Waals surface area contributed by atoms with Gasteiger partial charge in [0.15, 0.2) is 11.6 Å². The second-order valence-corrected chi connectivity index (χ2v) is 13.2. The Morgan fingerprint density at radius 1 is 0.481 bits per heavy atom. The van der Waals surface area contributed by atoms with Crippen molar-refractivity contribution in [1.82, 2.24) is 0 Å². The summed E-state index contributed by atoms with van der Waals surface area (Å²) in [5, 5.41) is 0. The fourth-order valence-electron chi connectivity index (χ4n) is 5.55. The van der Waals surface area contributed by atoms with Gasteiger partial charge in [-0.25, -0.2) is 29.0 Å². The fourth-order valence-corrected chi connectivity index (χ4v) is 5.55. The lowest BCUT2D eigenvalue weighted by atomic mass is 10.0. The van der Waals surface area contributed by atoms with E-state index >= 15 is 0 Å². The minimum atomic E-state index is -1.26. The van der Waals surface area contributed by atoms with Gasteiger partial charge in [0.25, 0.3) is 0 Å². The van der Waals surface area contributed by atoms with Crippen LogP contribution in [0.1, 0.15) is 186 Å². The molecule has 0 fully saturated rings. The molecule has 0 spiro atoms. The molecule has 0 atom stereocenters. The van der Waals surface area contributed by atoms with Crippen molar-refractivity contribution in [3.8, 4) is 11.5 Å². The first-order chi connectivity index (χ1) is 26.0. The van der Waals surface area contributed by atoms with Crippen molar-refractivity contribution in [3.05, 3.63) is 58.7 Å². The van der Waals surface area contributed by atoms with Crippen molar-refractivity contribution in [1.29, 1.82) is 0 Å². The van der Waals surface area contributed by atoms with Gasteiger partial charge in [0, 0.05) is 24.0 Å².